The van der Waals surface area contributed by atoms with E-state index in [4.69, 9.17) is 5.26 Å². The second-order valence-electron chi connectivity index (χ2n) is 4.38. The number of hydrogen-bond acceptors (Lipinski definition) is 5. The number of hydrogen-bond donors (Lipinski definition) is 2. The number of carbonyl (C=O) groups is 1. The molecule has 6 heteroatoms. The lowest BCUT2D eigenvalue weighted by Gasteiger charge is -2.11. The van der Waals surface area contributed by atoms with Gasteiger partial charge in [0.05, 0.1) is 0 Å². The van der Waals surface area contributed by atoms with Crippen molar-refractivity contribution in [2.24, 2.45) is 0 Å². The van der Waals surface area contributed by atoms with Crippen LogP contribution in [0.5, 0.6) is 0 Å². The zero-order valence-electron chi connectivity index (χ0n) is 11.5. The van der Waals surface area contributed by atoms with Gasteiger partial charge in [-0.15, -0.1) is 0 Å². The minimum Gasteiger partial charge on any atom is -0.354 e. The Morgan fingerprint density at radius 3 is 2.89 bits per heavy atom. The fraction of sp³-hybridized carbons (Fsp3) is 0.538. The molecule has 1 rings (SSSR count). The van der Waals surface area contributed by atoms with Crippen LogP contribution in [0.15, 0.2) is 6.07 Å². The molecule has 0 aliphatic rings. The van der Waals surface area contributed by atoms with E-state index in [1.54, 1.807) is 13.0 Å². The molecule has 1 aromatic rings. The normalized spacial score (nSPS) is 11.5. The number of aromatic nitrogens is 2. The average Bonchev–Trinajstić information content (AvgIpc) is 2.37. The molecule has 1 atom stereocenters. The molecule has 0 saturated carbocycles. The Morgan fingerprint density at radius 1 is 1.53 bits per heavy atom. The summed E-state index contributed by atoms with van der Waals surface area (Å²) in [6.07, 6.45) is 1.26. The van der Waals surface area contributed by atoms with Crippen molar-refractivity contribution in [3.05, 3.63) is 17.5 Å². The molecule has 1 heterocycles. The first-order valence-electron chi connectivity index (χ1n) is 6.34. The summed E-state index contributed by atoms with van der Waals surface area (Å²) in [6, 6.07) is 3.77. The number of nitriles is 1. The van der Waals surface area contributed by atoms with Crippen molar-refractivity contribution in [1.29, 1.82) is 5.26 Å². The quantitative estimate of drug-likeness (QED) is 0.807. The van der Waals surface area contributed by atoms with Crippen molar-refractivity contribution in [2.75, 3.05) is 11.9 Å². The first-order chi connectivity index (χ1) is 9.05. The van der Waals surface area contributed by atoms with Gasteiger partial charge in [0.25, 0.3) is 0 Å². The number of rotatable bonds is 6. The first kappa shape index (κ1) is 14.9. The highest BCUT2D eigenvalue weighted by molar-refractivity contribution is 5.76. The van der Waals surface area contributed by atoms with Gasteiger partial charge in [-0.3, -0.25) is 4.79 Å². The summed E-state index contributed by atoms with van der Waals surface area (Å²) in [5.74, 6) is 0.378. The summed E-state index contributed by atoms with van der Waals surface area (Å²) in [7, 11) is 0. The molecule has 0 aliphatic heterocycles. The second kappa shape index (κ2) is 7.31. The van der Waals surface area contributed by atoms with Gasteiger partial charge in [0, 0.05) is 24.7 Å². The van der Waals surface area contributed by atoms with Crippen LogP contribution in [0.1, 0.15) is 38.1 Å². The maximum Gasteiger partial charge on any atom is 0.224 e. The lowest BCUT2D eigenvalue weighted by atomic mass is 10.2. The topological polar surface area (TPSA) is 90.7 Å². The van der Waals surface area contributed by atoms with Gasteiger partial charge >= 0.3 is 0 Å². The lowest BCUT2D eigenvalue weighted by Crippen LogP contribution is -2.33. The summed E-state index contributed by atoms with van der Waals surface area (Å²) in [4.78, 5) is 19.7. The molecule has 2 N–H and O–H groups in total. The standard InChI is InChI=1S/C13H19N5O/c1-4-9(2)16-12(19)5-6-15-13-17-10(3)7-11(8-14)18-13/h7,9H,4-6H2,1-3H3,(H,16,19)(H,15,17,18). The minimum atomic E-state index is -0.00462. The van der Waals surface area contributed by atoms with Crippen LogP contribution in [0, 0.1) is 18.3 Å². The van der Waals surface area contributed by atoms with Gasteiger partial charge in [0.2, 0.25) is 11.9 Å². The van der Waals surface area contributed by atoms with Crippen molar-refractivity contribution < 1.29 is 4.79 Å². The average molecular weight is 261 g/mol. The van der Waals surface area contributed by atoms with E-state index in [1.807, 2.05) is 19.9 Å². The molecule has 0 radical (unpaired) electrons. The Labute approximate surface area is 113 Å². The van der Waals surface area contributed by atoms with Gasteiger partial charge in [-0.1, -0.05) is 6.92 Å². The molecule has 1 aromatic heterocycles. The van der Waals surface area contributed by atoms with Gasteiger partial charge in [-0.2, -0.15) is 5.26 Å². The van der Waals surface area contributed by atoms with Crippen molar-refractivity contribution >= 4 is 11.9 Å². The third-order valence-electron chi connectivity index (χ3n) is 2.62. The fourth-order valence-electron chi connectivity index (χ4n) is 1.44. The van der Waals surface area contributed by atoms with Crippen LogP contribution >= 0.6 is 0 Å². The molecule has 1 amide bonds. The largest absolute Gasteiger partial charge is 0.354 e. The summed E-state index contributed by atoms with van der Waals surface area (Å²) >= 11 is 0. The molecule has 0 bridgehead atoms. The highest BCUT2D eigenvalue weighted by atomic mass is 16.1. The van der Waals surface area contributed by atoms with E-state index in [9.17, 15) is 4.79 Å². The van der Waals surface area contributed by atoms with Gasteiger partial charge in [0.1, 0.15) is 11.8 Å². The lowest BCUT2D eigenvalue weighted by molar-refractivity contribution is -0.121. The van der Waals surface area contributed by atoms with Crippen LogP contribution in [0.4, 0.5) is 5.95 Å². The monoisotopic (exact) mass is 261 g/mol. The van der Waals surface area contributed by atoms with Crippen LogP contribution < -0.4 is 10.6 Å². The number of amides is 1. The molecule has 19 heavy (non-hydrogen) atoms. The SMILES string of the molecule is CCC(C)NC(=O)CCNc1nc(C)cc(C#N)n1. The minimum absolute atomic E-state index is 0.00462. The first-order valence-corrected chi connectivity index (χ1v) is 6.34. The van der Waals surface area contributed by atoms with E-state index >= 15 is 0 Å². The molecular formula is C13H19N5O. The molecule has 0 aromatic carbocycles. The number of anilines is 1. The summed E-state index contributed by atoms with van der Waals surface area (Å²) < 4.78 is 0. The Kier molecular flexibility index (Phi) is 5.73. The molecular weight excluding hydrogens is 242 g/mol. The van der Waals surface area contributed by atoms with Crippen LogP contribution in [-0.2, 0) is 4.79 Å². The molecule has 0 spiro atoms. The van der Waals surface area contributed by atoms with Gasteiger partial charge in [-0.25, -0.2) is 9.97 Å². The molecule has 0 aliphatic carbocycles. The van der Waals surface area contributed by atoms with Crippen molar-refractivity contribution in [1.82, 2.24) is 15.3 Å². The third-order valence-corrected chi connectivity index (χ3v) is 2.62. The zero-order chi connectivity index (χ0) is 14.3. The zero-order valence-corrected chi connectivity index (χ0v) is 11.5. The number of aryl methyl sites for hydroxylation is 1. The molecule has 0 fully saturated rings. The van der Waals surface area contributed by atoms with Crippen LogP contribution in [0.3, 0.4) is 0 Å². The fourth-order valence-corrected chi connectivity index (χ4v) is 1.44. The van der Waals surface area contributed by atoms with Gasteiger partial charge < -0.3 is 10.6 Å². The highest BCUT2D eigenvalue weighted by Crippen LogP contribution is 2.03. The Morgan fingerprint density at radius 2 is 2.26 bits per heavy atom. The maximum atomic E-state index is 11.5. The van der Waals surface area contributed by atoms with Crippen molar-refractivity contribution in [3.8, 4) is 6.07 Å². The highest BCUT2D eigenvalue weighted by Gasteiger charge is 2.06. The van der Waals surface area contributed by atoms with Gasteiger partial charge in [0.15, 0.2) is 0 Å². The summed E-state index contributed by atoms with van der Waals surface area (Å²) in [5.41, 5.74) is 1.04. The van der Waals surface area contributed by atoms with Crippen LogP contribution in [0.25, 0.3) is 0 Å². The molecule has 1 unspecified atom stereocenters. The van der Waals surface area contributed by atoms with E-state index in [1.165, 1.54) is 0 Å². The smallest absolute Gasteiger partial charge is 0.224 e. The van der Waals surface area contributed by atoms with Crippen molar-refractivity contribution in [3.63, 3.8) is 0 Å². The predicted octanol–water partition coefficient (Wildman–Crippen LogP) is 1.37. The predicted molar refractivity (Wildman–Crippen MR) is 72.5 cm³/mol. The second-order valence-corrected chi connectivity index (χ2v) is 4.38. The third kappa shape index (κ3) is 5.34. The van der Waals surface area contributed by atoms with E-state index < -0.39 is 0 Å². The maximum absolute atomic E-state index is 11.5. The number of nitrogens with one attached hydrogen (secondary N) is 2. The van der Waals surface area contributed by atoms with E-state index in [0.717, 1.165) is 12.1 Å². The molecule has 102 valence electrons. The van der Waals surface area contributed by atoms with Gasteiger partial charge in [-0.05, 0) is 26.3 Å². The summed E-state index contributed by atoms with van der Waals surface area (Å²) in [5, 5.41) is 14.6. The molecule has 6 nitrogen and oxygen atoms in total. The Bertz CT molecular complexity index is 480. The van der Waals surface area contributed by atoms with Crippen LogP contribution in [0.2, 0.25) is 0 Å². The van der Waals surface area contributed by atoms with E-state index in [0.29, 0.717) is 24.6 Å². The van der Waals surface area contributed by atoms with E-state index in [-0.39, 0.29) is 11.9 Å². The van der Waals surface area contributed by atoms with Crippen LogP contribution in [-0.4, -0.2) is 28.5 Å². The Balaban J connectivity index is 2.43. The Hall–Kier alpha value is -2.16. The number of nitrogens with zero attached hydrogens (tertiary/aromatic N) is 3. The van der Waals surface area contributed by atoms with E-state index in [2.05, 4.69) is 20.6 Å². The molecule has 0 saturated heterocycles. The summed E-state index contributed by atoms with van der Waals surface area (Å²) in [6.45, 7) is 6.22. The van der Waals surface area contributed by atoms with Crippen molar-refractivity contribution in [2.45, 2.75) is 39.7 Å². The number of carbonyl (C=O) groups excluding carboxylic acids is 1.